The molecule has 1 fully saturated rings. The van der Waals surface area contributed by atoms with E-state index in [0.717, 1.165) is 19.3 Å². The van der Waals surface area contributed by atoms with E-state index in [4.69, 9.17) is 5.73 Å². The van der Waals surface area contributed by atoms with Crippen molar-refractivity contribution in [1.29, 1.82) is 0 Å². The fourth-order valence-electron chi connectivity index (χ4n) is 2.80. The van der Waals surface area contributed by atoms with E-state index < -0.39 is 0 Å². The van der Waals surface area contributed by atoms with Crippen molar-refractivity contribution in [1.82, 2.24) is 10.2 Å². The van der Waals surface area contributed by atoms with E-state index in [0.29, 0.717) is 12.5 Å². The Balaban J connectivity index is 2.58. The zero-order chi connectivity index (χ0) is 14.6. The van der Waals surface area contributed by atoms with Gasteiger partial charge in [0.05, 0.1) is 11.8 Å². The highest BCUT2D eigenvalue weighted by Gasteiger charge is 2.33. The summed E-state index contributed by atoms with van der Waals surface area (Å²) in [5.41, 5.74) is 6.07. The van der Waals surface area contributed by atoms with Gasteiger partial charge >= 0.3 is 0 Å². The summed E-state index contributed by atoms with van der Waals surface area (Å²) in [7, 11) is 3.37. The van der Waals surface area contributed by atoms with Crippen LogP contribution in [-0.4, -0.2) is 43.4 Å². The number of carbonyl (C=O) groups is 2. The third-order valence-corrected chi connectivity index (χ3v) is 4.10. The Bertz CT molecular complexity index is 333. The Morgan fingerprint density at radius 2 is 2.05 bits per heavy atom. The van der Waals surface area contributed by atoms with Crippen LogP contribution in [0.15, 0.2) is 0 Å². The molecule has 0 aromatic heterocycles. The van der Waals surface area contributed by atoms with Gasteiger partial charge < -0.3 is 16.0 Å². The van der Waals surface area contributed by atoms with Gasteiger partial charge in [0.15, 0.2) is 0 Å². The average Bonchev–Trinajstić information content (AvgIpc) is 2.39. The molecule has 1 saturated carbocycles. The van der Waals surface area contributed by atoms with Crippen LogP contribution >= 0.6 is 0 Å². The first-order valence-electron chi connectivity index (χ1n) is 7.09. The summed E-state index contributed by atoms with van der Waals surface area (Å²) in [5, 5.41) is 2.60. The van der Waals surface area contributed by atoms with Crippen LogP contribution in [0.4, 0.5) is 0 Å². The molecule has 0 aromatic carbocycles. The molecular formula is C14H27N3O2. The highest BCUT2D eigenvalue weighted by Crippen LogP contribution is 2.29. The van der Waals surface area contributed by atoms with Crippen LogP contribution in [0.5, 0.6) is 0 Å². The molecule has 0 heterocycles. The molecule has 1 aliphatic carbocycles. The number of nitrogens with one attached hydrogen (secondary N) is 1. The molecule has 5 heteroatoms. The Hall–Kier alpha value is -1.10. The van der Waals surface area contributed by atoms with Gasteiger partial charge in [-0.25, -0.2) is 0 Å². The molecule has 0 spiro atoms. The molecule has 5 nitrogen and oxygen atoms in total. The zero-order valence-electron chi connectivity index (χ0n) is 12.5. The summed E-state index contributed by atoms with van der Waals surface area (Å²) in [4.78, 5) is 25.6. The fourth-order valence-corrected chi connectivity index (χ4v) is 2.80. The predicted octanol–water partition coefficient (Wildman–Crippen LogP) is 0.590. The van der Waals surface area contributed by atoms with Gasteiger partial charge in [-0.05, 0) is 25.2 Å². The topological polar surface area (TPSA) is 75.4 Å². The summed E-state index contributed by atoms with van der Waals surface area (Å²) < 4.78 is 0. The molecule has 0 radical (unpaired) electrons. The van der Waals surface area contributed by atoms with Crippen LogP contribution in [0, 0.1) is 17.8 Å². The summed E-state index contributed by atoms with van der Waals surface area (Å²) in [6.45, 7) is 4.43. The number of rotatable bonds is 4. The van der Waals surface area contributed by atoms with Crippen LogP contribution in [-0.2, 0) is 9.59 Å². The first kappa shape index (κ1) is 16.0. The van der Waals surface area contributed by atoms with E-state index in [-0.39, 0.29) is 29.7 Å². The smallest absolute Gasteiger partial charge is 0.227 e. The lowest BCUT2D eigenvalue weighted by molar-refractivity contribution is -0.137. The number of nitrogens with zero attached hydrogens (tertiary/aromatic N) is 1. The van der Waals surface area contributed by atoms with Gasteiger partial charge in [-0.2, -0.15) is 0 Å². The van der Waals surface area contributed by atoms with Crippen LogP contribution in [0.25, 0.3) is 0 Å². The van der Waals surface area contributed by atoms with Crippen molar-refractivity contribution in [3.63, 3.8) is 0 Å². The van der Waals surface area contributed by atoms with E-state index in [2.05, 4.69) is 12.2 Å². The molecule has 19 heavy (non-hydrogen) atoms. The summed E-state index contributed by atoms with van der Waals surface area (Å²) in [5.74, 6) is 0.302. The highest BCUT2D eigenvalue weighted by atomic mass is 16.2. The van der Waals surface area contributed by atoms with E-state index in [9.17, 15) is 9.59 Å². The van der Waals surface area contributed by atoms with Crippen LogP contribution in [0.3, 0.4) is 0 Å². The van der Waals surface area contributed by atoms with E-state index in [1.54, 1.807) is 19.0 Å². The molecule has 4 unspecified atom stereocenters. The lowest BCUT2D eigenvalue weighted by Gasteiger charge is -2.34. The third kappa shape index (κ3) is 4.20. The second kappa shape index (κ2) is 6.89. The molecule has 0 bridgehead atoms. The number of nitrogens with two attached hydrogens (primary N) is 1. The largest absolute Gasteiger partial charge is 0.359 e. The normalized spacial score (nSPS) is 28.6. The van der Waals surface area contributed by atoms with Gasteiger partial charge in [-0.1, -0.05) is 13.8 Å². The Labute approximate surface area is 115 Å². The minimum Gasteiger partial charge on any atom is -0.359 e. The van der Waals surface area contributed by atoms with Crippen LogP contribution in [0.1, 0.15) is 33.1 Å². The van der Waals surface area contributed by atoms with Gasteiger partial charge in [0.2, 0.25) is 11.8 Å². The molecule has 2 amide bonds. The first-order valence-corrected chi connectivity index (χ1v) is 7.09. The van der Waals surface area contributed by atoms with Crippen molar-refractivity contribution in [2.24, 2.45) is 23.5 Å². The predicted molar refractivity (Wildman–Crippen MR) is 75.3 cm³/mol. The summed E-state index contributed by atoms with van der Waals surface area (Å²) in [6, 6.07) is -0.0403. The number of amides is 2. The Morgan fingerprint density at radius 3 is 2.63 bits per heavy atom. The number of hydrogen-bond acceptors (Lipinski definition) is 3. The standard InChI is InChI=1S/C14H27N3O2/c1-9-5-6-12(15)11(7-9)14(19)17(4)8-10(2)13(18)16-3/h9-12H,5-8,15H2,1-4H3,(H,16,18). The van der Waals surface area contributed by atoms with Crippen molar-refractivity contribution in [2.75, 3.05) is 20.6 Å². The molecular weight excluding hydrogens is 242 g/mol. The van der Waals surface area contributed by atoms with Gasteiger partial charge in [-0.15, -0.1) is 0 Å². The summed E-state index contributed by atoms with van der Waals surface area (Å²) in [6.07, 6.45) is 2.87. The van der Waals surface area contributed by atoms with Gasteiger partial charge in [0.1, 0.15) is 0 Å². The molecule has 1 aliphatic rings. The van der Waals surface area contributed by atoms with Crippen LogP contribution < -0.4 is 11.1 Å². The van der Waals surface area contributed by atoms with E-state index in [1.165, 1.54) is 0 Å². The second-order valence-corrected chi connectivity index (χ2v) is 5.92. The maximum Gasteiger partial charge on any atom is 0.227 e. The molecule has 1 rings (SSSR count). The van der Waals surface area contributed by atoms with E-state index in [1.807, 2.05) is 6.92 Å². The molecule has 0 saturated heterocycles. The van der Waals surface area contributed by atoms with Crippen molar-refractivity contribution in [3.05, 3.63) is 0 Å². The van der Waals surface area contributed by atoms with Crippen LogP contribution in [0.2, 0.25) is 0 Å². The molecule has 0 aliphatic heterocycles. The first-order chi connectivity index (χ1) is 8.86. The van der Waals surface area contributed by atoms with Gasteiger partial charge in [-0.3, -0.25) is 9.59 Å². The van der Waals surface area contributed by atoms with Crippen molar-refractivity contribution in [3.8, 4) is 0 Å². The molecule has 0 aromatic rings. The van der Waals surface area contributed by atoms with Crippen molar-refractivity contribution in [2.45, 2.75) is 39.2 Å². The van der Waals surface area contributed by atoms with Gasteiger partial charge in [0, 0.05) is 26.7 Å². The Morgan fingerprint density at radius 1 is 1.42 bits per heavy atom. The average molecular weight is 269 g/mol. The summed E-state index contributed by atoms with van der Waals surface area (Å²) >= 11 is 0. The van der Waals surface area contributed by atoms with Gasteiger partial charge in [0.25, 0.3) is 0 Å². The number of carbonyl (C=O) groups excluding carboxylic acids is 2. The van der Waals surface area contributed by atoms with Crippen molar-refractivity contribution < 1.29 is 9.59 Å². The minimum atomic E-state index is -0.198. The van der Waals surface area contributed by atoms with E-state index >= 15 is 0 Å². The second-order valence-electron chi connectivity index (χ2n) is 5.92. The highest BCUT2D eigenvalue weighted by molar-refractivity contribution is 5.81. The lowest BCUT2D eigenvalue weighted by atomic mass is 9.78. The molecule has 110 valence electrons. The minimum absolute atomic E-state index is 0.0403. The quantitative estimate of drug-likeness (QED) is 0.784. The molecule has 3 N–H and O–H groups in total. The van der Waals surface area contributed by atoms with Crippen molar-refractivity contribution >= 4 is 11.8 Å². The SMILES string of the molecule is CNC(=O)C(C)CN(C)C(=O)C1CC(C)CCC1N. The number of hydrogen-bond donors (Lipinski definition) is 2. The molecule has 4 atom stereocenters. The third-order valence-electron chi connectivity index (χ3n) is 4.10. The zero-order valence-corrected chi connectivity index (χ0v) is 12.5. The maximum absolute atomic E-state index is 12.4. The Kier molecular flexibility index (Phi) is 5.79. The maximum atomic E-state index is 12.4. The monoisotopic (exact) mass is 269 g/mol. The lowest BCUT2D eigenvalue weighted by Crippen LogP contribution is -2.47. The fraction of sp³-hybridized carbons (Fsp3) is 0.857.